The number of anilines is 1. The number of rotatable bonds is 1. The Kier molecular flexibility index (Phi) is 2.32. The van der Waals surface area contributed by atoms with Crippen LogP contribution in [0.5, 0.6) is 0 Å². The first-order valence-electron chi connectivity index (χ1n) is 5.94. The Bertz CT molecular complexity index is 378. The van der Waals surface area contributed by atoms with Crippen LogP contribution in [0.15, 0.2) is 12.4 Å². The standard InChI is InChI=1S/C12H18N4/c1-9-3-13-4-12(14-9)16-7-10-5-15(2)6-11(10)8-16/h3-4,10-11H,5-8H2,1-2H3. The molecular weight excluding hydrogens is 200 g/mol. The third-order valence-electron chi connectivity index (χ3n) is 3.74. The third kappa shape index (κ3) is 1.67. The van der Waals surface area contributed by atoms with E-state index in [4.69, 9.17) is 0 Å². The summed E-state index contributed by atoms with van der Waals surface area (Å²) in [5.41, 5.74) is 1.01. The van der Waals surface area contributed by atoms with E-state index in [2.05, 4.69) is 26.8 Å². The van der Waals surface area contributed by atoms with Gasteiger partial charge in [-0.05, 0) is 25.8 Å². The first kappa shape index (κ1) is 10.0. The molecule has 16 heavy (non-hydrogen) atoms. The van der Waals surface area contributed by atoms with Gasteiger partial charge in [-0.25, -0.2) is 4.98 Å². The third-order valence-corrected chi connectivity index (χ3v) is 3.74. The largest absolute Gasteiger partial charge is 0.355 e. The van der Waals surface area contributed by atoms with Crippen molar-refractivity contribution in [3.05, 3.63) is 18.1 Å². The Morgan fingerprint density at radius 3 is 2.44 bits per heavy atom. The van der Waals surface area contributed by atoms with Gasteiger partial charge < -0.3 is 9.80 Å². The first-order valence-corrected chi connectivity index (χ1v) is 5.94. The molecule has 2 atom stereocenters. The van der Waals surface area contributed by atoms with Crippen LogP contribution in [0.3, 0.4) is 0 Å². The van der Waals surface area contributed by atoms with Crippen molar-refractivity contribution in [3.8, 4) is 0 Å². The monoisotopic (exact) mass is 218 g/mol. The molecule has 2 unspecified atom stereocenters. The lowest BCUT2D eigenvalue weighted by atomic mass is 10.0. The molecule has 0 bridgehead atoms. The lowest BCUT2D eigenvalue weighted by molar-refractivity contribution is 0.387. The van der Waals surface area contributed by atoms with Crippen molar-refractivity contribution in [2.75, 3.05) is 38.1 Å². The fraction of sp³-hybridized carbons (Fsp3) is 0.667. The normalized spacial score (nSPS) is 29.8. The summed E-state index contributed by atoms with van der Waals surface area (Å²) in [6.07, 6.45) is 3.70. The number of nitrogens with zero attached hydrogens (tertiary/aromatic N) is 4. The average Bonchev–Trinajstić information content (AvgIpc) is 2.74. The molecule has 1 aromatic heterocycles. The van der Waals surface area contributed by atoms with Crippen LogP contribution in [-0.2, 0) is 0 Å². The molecule has 3 rings (SSSR count). The molecule has 2 aliphatic rings. The van der Waals surface area contributed by atoms with Crippen LogP contribution >= 0.6 is 0 Å². The van der Waals surface area contributed by atoms with Crippen LogP contribution in [0, 0.1) is 18.8 Å². The van der Waals surface area contributed by atoms with Gasteiger partial charge in [0.15, 0.2) is 0 Å². The SMILES string of the molecule is Cc1cncc(N2CC3CN(C)CC3C2)n1. The van der Waals surface area contributed by atoms with Crippen LogP contribution in [0.1, 0.15) is 5.69 Å². The molecule has 1 aromatic rings. The summed E-state index contributed by atoms with van der Waals surface area (Å²) in [5, 5.41) is 0. The van der Waals surface area contributed by atoms with Gasteiger partial charge in [-0.1, -0.05) is 0 Å². The molecule has 86 valence electrons. The minimum atomic E-state index is 0.826. The molecule has 0 spiro atoms. The van der Waals surface area contributed by atoms with Crippen LogP contribution < -0.4 is 4.90 Å². The quantitative estimate of drug-likeness (QED) is 0.697. The summed E-state index contributed by atoms with van der Waals surface area (Å²) in [7, 11) is 2.22. The molecule has 0 aromatic carbocycles. The molecule has 2 fully saturated rings. The van der Waals surface area contributed by atoms with E-state index in [1.165, 1.54) is 13.1 Å². The van der Waals surface area contributed by atoms with Crippen molar-refractivity contribution >= 4 is 5.82 Å². The van der Waals surface area contributed by atoms with E-state index in [0.717, 1.165) is 36.4 Å². The van der Waals surface area contributed by atoms with Gasteiger partial charge >= 0.3 is 0 Å². The minimum Gasteiger partial charge on any atom is -0.355 e. The molecule has 2 saturated heterocycles. The number of hydrogen-bond acceptors (Lipinski definition) is 4. The second kappa shape index (κ2) is 3.70. The summed E-state index contributed by atoms with van der Waals surface area (Å²) >= 11 is 0. The fourth-order valence-electron chi connectivity index (χ4n) is 3.02. The highest BCUT2D eigenvalue weighted by Gasteiger charge is 2.39. The lowest BCUT2D eigenvalue weighted by Crippen LogP contribution is -2.27. The second-order valence-corrected chi connectivity index (χ2v) is 5.17. The predicted molar refractivity (Wildman–Crippen MR) is 63.5 cm³/mol. The summed E-state index contributed by atoms with van der Waals surface area (Å²) in [6.45, 7) is 6.77. The van der Waals surface area contributed by atoms with Gasteiger partial charge in [0.25, 0.3) is 0 Å². The van der Waals surface area contributed by atoms with Crippen molar-refractivity contribution in [2.45, 2.75) is 6.92 Å². The molecule has 0 saturated carbocycles. The van der Waals surface area contributed by atoms with Gasteiger partial charge in [0.05, 0.1) is 11.9 Å². The lowest BCUT2D eigenvalue weighted by Gasteiger charge is -2.19. The zero-order chi connectivity index (χ0) is 11.1. The maximum Gasteiger partial charge on any atom is 0.147 e. The van der Waals surface area contributed by atoms with E-state index in [9.17, 15) is 0 Å². The van der Waals surface area contributed by atoms with Crippen molar-refractivity contribution in [1.29, 1.82) is 0 Å². The smallest absolute Gasteiger partial charge is 0.147 e. The molecule has 0 aliphatic carbocycles. The Morgan fingerprint density at radius 1 is 1.12 bits per heavy atom. The van der Waals surface area contributed by atoms with Gasteiger partial charge in [0, 0.05) is 32.4 Å². The maximum atomic E-state index is 4.55. The van der Waals surface area contributed by atoms with Crippen molar-refractivity contribution in [3.63, 3.8) is 0 Å². The van der Waals surface area contributed by atoms with E-state index < -0.39 is 0 Å². The summed E-state index contributed by atoms with van der Waals surface area (Å²) in [6, 6.07) is 0. The van der Waals surface area contributed by atoms with Gasteiger partial charge in [0.1, 0.15) is 5.82 Å². The Balaban J connectivity index is 1.75. The Morgan fingerprint density at radius 2 is 1.81 bits per heavy atom. The van der Waals surface area contributed by atoms with E-state index in [0.29, 0.717) is 0 Å². The van der Waals surface area contributed by atoms with Gasteiger partial charge in [-0.15, -0.1) is 0 Å². The number of aryl methyl sites for hydroxylation is 1. The highest BCUT2D eigenvalue weighted by Crippen LogP contribution is 2.32. The summed E-state index contributed by atoms with van der Waals surface area (Å²) in [5.74, 6) is 2.71. The van der Waals surface area contributed by atoms with Crippen LogP contribution in [0.2, 0.25) is 0 Å². The fourth-order valence-corrected chi connectivity index (χ4v) is 3.02. The molecule has 2 aliphatic heterocycles. The van der Waals surface area contributed by atoms with Gasteiger partial charge in [-0.3, -0.25) is 4.98 Å². The minimum absolute atomic E-state index is 0.826. The van der Waals surface area contributed by atoms with Crippen LogP contribution in [0.4, 0.5) is 5.82 Å². The number of fused-ring (bicyclic) bond motifs is 1. The van der Waals surface area contributed by atoms with Gasteiger partial charge in [0.2, 0.25) is 0 Å². The zero-order valence-corrected chi connectivity index (χ0v) is 9.93. The zero-order valence-electron chi connectivity index (χ0n) is 9.93. The van der Waals surface area contributed by atoms with E-state index in [1.54, 1.807) is 0 Å². The summed E-state index contributed by atoms with van der Waals surface area (Å²) in [4.78, 5) is 13.6. The van der Waals surface area contributed by atoms with Crippen molar-refractivity contribution < 1.29 is 0 Å². The molecular formula is C12H18N4. The second-order valence-electron chi connectivity index (χ2n) is 5.17. The summed E-state index contributed by atoms with van der Waals surface area (Å²) < 4.78 is 0. The van der Waals surface area contributed by atoms with E-state index >= 15 is 0 Å². The van der Waals surface area contributed by atoms with Crippen molar-refractivity contribution in [1.82, 2.24) is 14.9 Å². The first-order chi connectivity index (χ1) is 7.72. The topological polar surface area (TPSA) is 32.3 Å². The average molecular weight is 218 g/mol. The number of likely N-dealkylation sites (tertiary alicyclic amines) is 1. The highest BCUT2D eigenvalue weighted by molar-refractivity contribution is 5.38. The Labute approximate surface area is 96.3 Å². The predicted octanol–water partition coefficient (Wildman–Crippen LogP) is 0.783. The maximum absolute atomic E-state index is 4.55. The van der Waals surface area contributed by atoms with Gasteiger partial charge in [-0.2, -0.15) is 0 Å². The van der Waals surface area contributed by atoms with Crippen LogP contribution in [-0.4, -0.2) is 48.1 Å². The van der Waals surface area contributed by atoms with Crippen LogP contribution in [0.25, 0.3) is 0 Å². The van der Waals surface area contributed by atoms with E-state index in [1.807, 2.05) is 19.3 Å². The number of hydrogen-bond donors (Lipinski definition) is 0. The molecule has 4 heteroatoms. The molecule has 4 nitrogen and oxygen atoms in total. The van der Waals surface area contributed by atoms with Crippen molar-refractivity contribution in [2.24, 2.45) is 11.8 Å². The molecule has 0 radical (unpaired) electrons. The Hall–Kier alpha value is -1.16. The van der Waals surface area contributed by atoms with E-state index in [-0.39, 0.29) is 0 Å². The molecule has 0 N–H and O–H groups in total. The molecule has 3 heterocycles. The highest BCUT2D eigenvalue weighted by atomic mass is 15.3. The number of aromatic nitrogens is 2. The molecule has 0 amide bonds.